The lowest BCUT2D eigenvalue weighted by Gasteiger charge is -2.29. The highest BCUT2D eigenvalue weighted by molar-refractivity contribution is 6.88. The summed E-state index contributed by atoms with van der Waals surface area (Å²) in [4.78, 5) is 4.92. The molecule has 4 heteroatoms. The minimum atomic E-state index is -1.56. The molecule has 360 valence electrons. The van der Waals surface area contributed by atoms with Gasteiger partial charge in [-0.1, -0.05) is 213 Å². The predicted molar refractivity (Wildman–Crippen MR) is 333 cm³/mol. The Bertz CT molecular complexity index is 4320. The van der Waals surface area contributed by atoms with Crippen molar-refractivity contribution in [2.45, 2.75) is 32.7 Å². The van der Waals surface area contributed by atoms with Gasteiger partial charge >= 0.3 is 0 Å². The summed E-state index contributed by atoms with van der Waals surface area (Å²) in [6.45, 7) is 12.1. The zero-order valence-corrected chi connectivity index (χ0v) is 45.4. The molecule has 0 aliphatic heterocycles. The van der Waals surface area contributed by atoms with Gasteiger partial charge in [0.1, 0.15) is 0 Å². The van der Waals surface area contributed by atoms with Gasteiger partial charge in [-0.25, -0.2) is 0 Å². The first kappa shape index (κ1) is 46.3. The second-order valence-corrected chi connectivity index (χ2v) is 29.7. The van der Waals surface area contributed by atoms with E-state index in [1.54, 1.807) is 0 Å². The van der Waals surface area contributed by atoms with E-state index >= 15 is 0 Å². The molecule has 0 bridgehead atoms. The quantitative estimate of drug-likeness (QED) is 0.0995. The first-order valence-corrected chi connectivity index (χ1v) is 32.8. The SMILES string of the molecule is C[SiH](C)c1ccc(N(c2ccc3ccccc3c2)c2ccc3c(-c4ccc5ccccc5c4)c4cc(N(c5ccc([Si](C)(C)C)cc5)c5ccc6ccccc6c5)ccc4c(-c4ccc5ccccc5c4)c3c2)cc1. The van der Waals surface area contributed by atoms with Crippen LogP contribution in [0.25, 0.3) is 86.9 Å². The topological polar surface area (TPSA) is 6.48 Å². The Morgan fingerprint density at radius 3 is 0.987 bits per heavy atom. The Morgan fingerprint density at radius 1 is 0.280 bits per heavy atom. The molecule has 13 aromatic carbocycles. The standard InChI is InChI=1S/C71H58N2Si2/c1-74(2)64-36-30-58(31-37-64)72(60-28-26-50-16-8-12-20-54(50)44-60)62-34-40-66-68(46-62)70(56-24-22-48-14-6-10-18-52(48)42-56)67-41-35-63(47-69(67)71(66)57-25-23-49-15-7-11-19-53(49)43-57)73(59-32-38-65(39-33-59)75(3,4)5)61-29-27-51-17-9-13-21-55(51)45-61/h6-47,74H,1-5H3. The number of nitrogens with zero attached hydrogens (tertiary/aromatic N) is 2. The highest BCUT2D eigenvalue weighted by Crippen LogP contribution is 2.49. The number of hydrogen-bond donors (Lipinski definition) is 0. The molecule has 0 aliphatic carbocycles. The average Bonchev–Trinajstić information content (AvgIpc) is 3.48. The first-order chi connectivity index (χ1) is 36.6. The maximum Gasteiger partial charge on any atom is 0.0775 e. The zero-order valence-electron chi connectivity index (χ0n) is 43.2. The van der Waals surface area contributed by atoms with Crippen LogP contribution in [0, 0.1) is 0 Å². The van der Waals surface area contributed by atoms with Crippen LogP contribution in [0.3, 0.4) is 0 Å². The van der Waals surface area contributed by atoms with Crippen LogP contribution in [-0.2, 0) is 0 Å². The fraction of sp³-hybridized carbons (Fsp3) is 0.0704. The molecule has 0 aromatic heterocycles. The van der Waals surface area contributed by atoms with Gasteiger partial charge in [0, 0.05) is 34.1 Å². The third kappa shape index (κ3) is 8.56. The van der Waals surface area contributed by atoms with Crippen LogP contribution in [0.1, 0.15) is 0 Å². The molecule has 0 heterocycles. The summed E-state index contributed by atoms with van der Waals surface area (Å²) in [5.41, 5.74) is 11.6. The summed E-state index contributed by atoms with van der Waals surface area (Å²) < 4.78 is 0. The molecule has 0 aliphatic rings. The third-order valence-corrected chi connectivity index (χ3v) is 19.3. The van der Waals surface area contributed by atoms with Crippen molar-refractivity contribution in [3.05, 3.63) is 255 Å². The lowest BCUT2D eigenvalue weighted by molar-refractivity contribution is 1.29. The van der Waals surface area contributed by atoms with Gasteiger partial charge in [-0.05, 0) is 172 Å². The number of fused-ring (bicyclic) bond motifs is 6. The summed E-state index contributed by atoms with van der Waals surface area (Å²) in [6, 6.07) is 96.0. The van der Waals surface area contributed by atoms with Gasteiger partial charge in [-0.3, -0.25) is 0 Å². The van der Waals surface area contributed by atoms with E-state index in [2.05, 4.69) is 297 Å². The van der Waals surface area contributed by atoms with Crippen molar-refractivity contribution in [2.24, 2.45) is 0 Å². The molecule has 13 aromatic rings. The smallest absolute Gasteiger partial charge is 0.0775 e. The Hall–Kier alpha value is -8.55. The van der Waals surface area contributed by atoms with Crippen LogP contribution in [0.5, 0.6) is 0 Å². The monoisotopic (exact) mass is 994 g/mol. The van der Waals surface area contributed by atoms with Gasteiger partial charge in [0.05, 0.1) is 16.9 Å². The summed E-state index contributed by atoms with van der Waals surface area (Å²) in [5, 5.41) is 17.5. The van der Waals surface area contributed by atoms with Crippen LogP contribution in [0.4, 0.5) is 34.1 Å². The molecule has 0 saturated heterocycles. The number of rotatable bonds is 10. The van der Waals surface area contributed by atoms with E-state index in [0.717, 1.165) is 34.1 Å². The second-order valence-electron chi connectivity index (χ2n) is 21.6. The third-order valence-electron chi connectivity index (χ3n) is 15.5. The molecular formula is C71H58N2Si2. The largest absolute Gasteiger partial charge is 0.310 e. The van der Waals surface area contributed by atoms with Crippen molar-refractivity contribution >= 4 is 126 Å². The Kier molecular flexibility index (Phi) is 11.6. The van der Waals surface area contributed by atoms with Gasteiger partial charge in [0.25, 0.3) is 0 Å². The maximum absolute atomic E-state index is 2.47. The van der Waals surface area contributed by atoms with Crippen LogP contribution >= 0.6 is 0 Å². The summed E-state index contributed by atoms with van der Waals surface area (Å²) in [5.74, 6) is 0. The van der Waals surface area contributed by atoms with Crippen molar-refractivity contribution in [1.29, 1.82) is 0 Å². The molecule has 13 rings (SSSR count). The Morgan fingerprint density at radius 2 is 0.600 bits per heavy atom. The lowest BCUT2D eigenvalue weighted by Crippen LogP contribution is -2.37. The molecule has 0 fully saturated rings. The van der Waals surface area contributed by atoms with Crippen molar-refractivity contribution in [1.82, 2.24) is 0 Å². The highest BCUT2D eigenvalue weighted by Gasteiger charge is 2.24. The molecule has 0 unspecified atom stereocenters. The molecule has 0 amide bonds. The van der Waals surface area contributed by atoms with Gasteiger partial charge in [0.15, 0.2) is 0 Å². The number of hydrogen-bond acceptors (Lipinski definition) is 2. The van der Waals surface area contributed by atoms with E-state index in [-0.39, 0.29) is 0 Å². The van der Waals surface area contributed by atoms with Crippen molar-refractivity contribution < 1.29 is 0 Å². The molecule has 2 nitrogen and oxygen atoms in total. The van der Waals surface area contributed by atoms with Gasteiger partial charge in [-0.2, -0.15) is 0 Å². The van der Waals surface area contributed by atoms with Crippen molar-refractivity contribution in [3.8, 4) is 22.3 Å². The van der Waals surface area contributed by atoms with Crippen LogP contribution in [0.2, 0.25) is 32.7 Å². The minimum Gasteiger partial charge on any atom is -0.310 e. The van der Waals surface area contributed by atoms with E-state index in [1.807, 2.05) is 0 Å². The van der Waals surface area contributed by atoms with E-state index in [0.29, 0.717) is 0 Å². The highest BCUT2D eigenvalue weighted by atomic mass is 28.3. The fourth-order valence-corrected chi connectivity index (χ4v) is 13.6. The van der Waals surface area contributed by atoms with Crippen molar-refractivity contribution in [2.75, 3.05) is 9.80 Å². The molecule has 0 N–H and O–H groups in total. The molecule has 75 heavy (non-hydrogen) atoms. The predicted octanol–water partition coefficient (Wildman–Crippen LogP) is 19.1. The molecular weight excluding hydrogens is 937 g/mol. The van der Waals surface area contributed by atoms with Gasteiger partial charge in [0.2, 0.25) is 0 Å². The lowest BCUT2D eigenvalue weighted by atomic mass is 9.84. The van der Waals surface area contributed by atoms with E-state index in [1.165, 1.54) is 97.3 Å². The number of anilines is 6. The summed E-state index contributed by atoms with van der Waals surface area (Å²) in [6.07, 6.45) is 0. The Balaban J connectivity index is 1.12. The number of benzene rings is 13. The molecule has 0 spiro atoms. The average molecular weight is 995 g/mol. The van der Waals surface area contributed by atoms with E-state index in [4.69, 9.17) is 0 Å². The normalized spacial score (nSPS) is 11.9. The molecule has 0 saturated carbocycles. The zero-order chi connectivity index (χ0) is 50.8. The second kappa shape index (κ2) is 18.7. The van der Waals surface area contributed by atoms with Crippen LogP contribution in [-0.4, -0.2) is 16.9 Å². The van der Waals surface area contributed by atoms with Gasteiger partial charge in [-0.15, -0.1) is 0 Å². The van der Waals surface area contributed by atoms with Crippen molar-refractivity contribution in [3.63, 3.8) is 0 Å². The minimum absolute atomic E-state index is 1.02. The summed E-state index contributed by atoms with van der Waals surface area (Å²) >= 11 is 0. The summed E-state index contributed by atoms with van der Waals surface area (Å²) in [7, 11) is -2.57. The fourth-order valence-electron chi connectivity index (χ4n) is 11.4. The maximum atomic E-state index is 2.47. The van der Waals surface area contributed by atoms with Gasteiger partial charge < -0.3 is 9.80 Å². The molecule has 0 atom stereocenters. The first-order valence-electron chi connectivity index (χ1n) is 26.4. The molecule has 0 radical (unpaired) electrons. The van der Waals surface area contributed by atoms with E-state index in [9.17, 15) is 0 Å². The van der Waals surface area contributed by atoms with E-state index < -0.39 is 16.9 Å². The van der Waals surface area contributed by atoms with Crippen LogP contribution < -0.4 is 20.2 Å². The Labute approximate surface area is 443 Å². The van der Waals surface area contributed by atoms with Crippen LogP contribution in [0.15, 0.2) is 255 Å².